The molecule has 24 heavy (non-hydrogen) atoms. The first-order valence-electron chi connectivity index (χ1n) is 8.92. The van der Waals surface area contributed by atoms with Crippen LogP contribution in [0.2, 0.25) is 0 Å². The van der Waals surface area contributed by atoms with Gasteiger partial charge < -0.3 is 4.90 Å². The van der Waals surface area contributed by atoms with E-state index in [1.54, 1.807) is 11.3 Å². The maximum absolute atomic E-state index is 13.0. The van der Waals surface area contributed by atoms with Crippen LogP contribution in [-0.2, 0) is 12.8 Å². The van der Waals surface area contributed by atoms with Gasteiger partial charge in [-0.05, 0) is 64.0 Å². The first-order valence-corrected chi connectivity index (χ1v) is 9.74. The maximum atomic E-state index is 13.0. The van der Waals surface area contributed by atoms with E-state index in [-0.39, 0.29) is 11.9 Å². The SMILES string of the molecule is Cc1nc(C)n(C2CCCN(C(=O)c3cc4c(s3)CCCC4)C2)n1. The van der Waals surface area contributed by atoms with E-state index in [1.165, 1.54) is 23.3 Å². The van der Waals surface area contributed by atoms with Crippen LogP contribution in [0.1, 0.15) is 63.5 Å². The molecule has 1 atom stereocenters. The second kappa shape index (κ2) is 6.31. The summed E-state index contributed by atoms with van der Waals surface area (Å²) in [5, 5.41) is 4.52. The standard InChI is InChI=1S/C18H24N4OS/c1-12-19-13(2)22(20-12)15-7-5-9-21(11-15)18(23)17-10-14-6-3-4-8-16(14)24-17/h10,15H,3-9,11H2,1-2H3. The molecule has 3 heterocycles. The number of aromatic nitrogens is 3. The molecule has 0 bridgehead atoms. The summed E-state index contributed by atoms with van der Waals surface area (Å²) >= 11 is 1.72. The van der Waals surface area contributed by atoms with E-state index in [0.29, 0.717) is 0 Å². The van der Waals surface area contributed by atoms with Gasteiger partial charge in [-0.1, -0.05) is 0 Å². The molecule has 6 heteroatoms. The van der Waals surface area contributed by atoms with Gasteiger partial charge in [0.15, 0.2) is 0 Å². The van der Waals surface area contributed by atoms with Crippen molar-refractivity contribution in [3.05, 3.63) is 33.0 Å². The Labute approximate surface area is 146 Å². The van der Waals surface area contributed by atoms with E-state index in [9.17, 15) is 4.79 Å². The van der Waals surface area contributed by atoms with E-state index in [1.807, 2.05) is 23.4 Å². The van der Waals surface area contributed by atoms with Crippen LogP contribution in [0.4, 0.5) is 0 Å². The normalized spacial score (nSPS) is 20.9. The number of thiophene rings is 1. The minimum atomic E-state index is 0.202. The summed E-state index contributed by atoms with van der Waals surface area (Å²) in [5.74, 6) is 1.95. The number of fused-ring (bicyclic) bond motifs is 1. The molecule has 1 aliphatic heterocycles. The average molecular weight is 344 g/mol. The molecule has 0 N–H and O–H groups in total. The quantitative estimate of drug-likeness (QED) is 0.840. The van der Waals surface area contributed by atoms with Crippen molar-refractivity contribution in [2.75, 3.05) is 13.1 Å². The number of likely N-dealkylation sites (tertiary alicyclic amines) is 1. The van der Waals surface area contributed by atoms with Crippen molar-refractivity contribution in [2.24, 2.45) is 0 Å². The van der Waals surface area contributed by atoms with Gasteiger partial charge in [0.2, 0.25) is 0 Å². The van der Waals surface area contributed by atoms with Crippen LogP contribution in [-0.4, -0.2) is 38.7 Å². The molecule has 1 unspecified atom stereocenters. The lowest BCUT2D eigenvalue weighted by molar-refractivity contribution is 0.0676. The Kier molecular flexibility index (Phi) is 4.16. The van der Waals surface area contributed by atoms with Gasteiger partial charge in [0.25, 0.3) is 5.91 Å². The number of carbonyl (C=O) groups excluding carboxylic acids is 1. The van der Waals surface area contributed by atoms with Gasteiger partial charge in [0.05, 0.1) is 10.9 Å². The monoisotopic (exact) mass is 344 g/mol. The lowest BCUT2D eigenvalue weighted by atomic mass is 9.99. The number of hydrogen-bond acceptors (Lipinski definition) is 4. The van der Waals surface area contributed by atoms with Gasteiger partial charge in [0, 0.05) is 18.0 Å². The van der Waals surface area contributed by atoms with Crippen molar-refractivity contribution in [2.45, 2.75) is 58.4 Å². The zero-order valence-electron chi connectivity index (χ0n) is 14.4. The fraction of sp³-hybridized carbons (Fsp3) is 0.611. The highest BCUT2D eigenvalue weighted by molar-refractivity contribution is 7.14. The van der Waals surface area contributed by atoms with E-state index in [0.717, 1.165) is 55.3 Å². The predicted octanol–water partition coefficient (Wildman–Crippen LogP) is 3.31. The van der Waals surface area contributed by atoms with E-state index >= 15 is 0 Å². The molecule has 5 nitrogen and oxygen atoms in total. The summed E-state index contributed by atoms with van der Waals surface area (Å²) in [4.78, 5) is 21.8. The molecule has 2 aromatic rings. The molecule has 1 saturated heterocycles. The Balaban J connectivity index is 1.52. The smallest absolute Gasteiger partial charge is 0.264 e. The average Bonchev–Trinajstić information content (AvgIpc) is 3.17. The van der Waals surface area contributed by atoms with Crippen LogP contribution in [0.3, 0.4) is 0 Å². The Bertz CT molecular complexity index is 740. The summed E-state index contributed by atoms with van der Waals surface area (Å²) in [6.07, 6.45) is 6.90. The van der Waals surface area contributed by atoms with Gasteiger partial charge in [-0.25, -0.2) is 9.67 Å². The van der Waals surface area contributed by atoms with Gasteiger partial charge in [0.1, 0.15) is 11.6 Å². The molecular formula is C18H24N4OS. The summed E-state index contributed by atoms with van der Waals surface area (Å²) in [6, 6.07) is 2.40. The van der Waals surface area contributed by atoms with Gasteiger partial charge >= 0.3 is 0 Å². The molecular weight excluding hydrogens is 320 g/mol. The first kappa shape index (κ1) is 15.8. The fourth-order valence-corrected chi connectivity index (χ4v) is 5.19. The molecule has 1 amide bonds. The zero-order chi connectivity index (χ0) is 16.7. The molecule has 0 radical (unpaired) electrons. The van der Waals surface area contributed by atoms with Crippen LogP contribution in [0.25, 0.3) is 0 Å². The molecule has 0 saturated carbocycles. The summed E-state index contributed by atoms with van der Waals surface area (Å²) in [6.45, 7) is 5.51. The molecule has 2 aromatic heterocycles. The maximum Gasteiger partial charge on any atom is 0.264 e. The third kappa shape index (κ3) is 2.88. The number of amides is 1. The third-order valence-electron chi connectivity index (χ3n) is 5.14. The highest BCUT2D eigenvalue weighted by atomic mass is 32.1. The molecule has 2 aliphatic rings. The third-order valence-corrected chi connectivity index (χ3v) is 6.37. The van der Waals surface area contributed by atoms with Gasteiger partial charge in [-0.3, -0.25) is 4.79 Å². The van der Waals surface area contributed by atoms with Crippen molar-refractivity contribution in [1.29, 1.82) is 0 Å². The lowest BCUT2D eigenvalue weighted by Gasteiger charge is -2.32. The fourth-order valence-electron chi connectivity index (χ4n) is 3.97. The highest BCUT2D eigenvalue weighted by Crippen LogP contribution is 2.31. The number of aryl methyl sites for hydroxylation is 4. The molecule has 1 fully saturated rings. The Morgan fingerprint density at radius 2 is 2.08 bits per heavy atom. The van der Waals surface area contributed by atoms with Crippen LogP contribution < -0.4 is 0 Å². The van der Waals surface area contributed by atoms with Crippen molar-refractivity contribution >= 4 is 17.2 Å². The summed E-state index contributed by atoms with van der Waals surface area (Å²) in [7, 11) is 0. The van der Waals surface area contributed by atoms with Crippen LogP contribution in [0.5, 0.6) is 0 Å². The highest BCUT2D eigenvalue weighted by Gasteiger charge is 2.28. The number of piperidine rings is 1. The largest absolute Gasteiger partial charge is 0.336 e. The number of hydrogen-bond donors (Lipinski definition) is 0. The minimum Gasteiger partial charge on any atom is -0.336 e. The summed E-state index contributed by atoms with van der Waals surface area (Å²) < 4.78 is 2.01. The van der Waals surface area contributed by atoms with Crippen LogP contribution >= 0.6 is 11.3 Å². The second-order valence-corrected chi connectivity index (χ2v) is 8.10. The zero-order valence-corrected chi connectivity index (χ0v) is 15.2. The van der Waals surface area contributed by atoms with Crippen molar-refractivity contribution in [3.63, 3.8) is 0 Å². The molecule has 4 rings (SSSR count). The van der Waals surface area contributed by atoms with Gasteiger partial charge in [-0.2, -0.15) is 5.10 Å². The van der Waals surface area contributed by atoms with E-state index < -0.39 is 0 Å². The van der Waals surface area contributed by atoms with Crippen LogP contribution in [0.15, 0.2) is 6.07 Å². The molecule has 128 valence electrons. The van der Waals surface area contributed by atoms with Crippen LogP contribution in [0, 0.1) is 13.8 Å². The van der Waals surface area contributed by atoms with Crippen molar-refractivity contribution in [3.8, 4) is 0 Å². The number of rotatable bonds is 2. The molecule has 0 aromatic carbocycles. The van der Waals surface area contributed by atoms with E-state index in [2.05, 4.69) is 16.1 Å². The van der Waals surface area contributed by atoms with Crippen molar-refractivity contribution < 1.29 is 4.79 Å². The topological polar surface area (TPSA) is 51.0 Å². The Hall–Kier alpha value is -1.69. The van der Waals surface area contributed by atoms with Gasteiger partial charge in [-0.15, -0.1) is 11.3 Å². The second-order valence-electron chi connectivity index (χ2n) is 6.96. The Morgan fingerprint density at radius 3 is 2.83 bits per heavy atom. The minimum absolute atomic E-state index is 0.202. The van der Waals surface area contributed by atoms with E-state index in [4.69, 9.17) is 0 Å². The molecule has 0 spiro atoms. The predicted molar refractivity (Wildman–Crippen MR) is 94.6 cm³/mol. The number of carbonyl (C=O) groups is 1. The molecule has 1 aliphatic carbocycles. The first-order chi connectivity index (χ1) is 11.6. The number of nitrogens with zero attached hydrogens (tertiary/aromatic N) is 4. The lowest BCUT2D eigenvalue weighted by Crippen LogP contribution is -2.41. The van der Waals surface area contributed by atoms with Crippen molar-refractivity contribution in [1.82, 2.24) is 19.7 Å². The summed E-state index contributed by atoms with van der Waals surface area (Å²) in [5.41, 5.74) is 1.41. The Morgan fingerprint density at radius 1 is 1.25 bits per heavy atom.